The Morgan fingerprint density at radius 1 is 1.20 bits per heavy atom. The van der Waals surface area contributed by atoms with Gasteiger partial charge in [0.25, 0.3) is 5.91 Å². The first-order chi connectivity index (χ1) is 12.3. The number of thioether (sulfide) groups is 1. The second-order valence-electron chi connectivity index (χ2n) is 6.64. The molecule has 0 radical (unpaired) electrons. The van der Waals surface area contributed by atoms with E-state index in [1.807, 2.05) is 47.0 Å². The molecule has 2 aliphatic rings. The van der Waals surface area contributed by atoms with E-state index in [0.29, 0.717) is 5.76 Å². The number of benzene rings is 1. The lowest BCUT2D eigenvalue weighted by Crippen LogP contribution is -2.50. The van der Waals surface area contributed by atoms with Crippen LogP contribution in [0.15, 0.2) is 34.7 Å². The summed E-state index contributed by atoms with van der Waals surface area (Å²) in [6.45, 7) is 5.21. The lowest BCUT2D eigenvalue weighted by Gasteiger charge is -2.35. The number of nitrogens with zero attached hydrogens (tertiary/aromatic N) is 2. The molecular formula is C19H24N2O3S. The van der Waals surface area contributed by atoms with Crippen LogP contribution in [-0.4, -0.2) is 72.6 Å². The molecule has 1 aromatic carbocycles. The Balaban J connectivity index is 1.54. The van der Waals surface area contributed by atoms with E-state index >= 15 is 0 Å². The third-order valence-corrected chi connectivity index (χ3v) is 6.11. The van der Waals surface area contributed by atoms with Crippen molar-refractivity contribution in [2.75, 3.05) is 50.9 Å². The third-order valence-electron chi connectivity index (χ3n) is 4.91. The zero-order valence-corrected chi connectivity index (χ0v) is 15.2. The predicted octanol–water partition coefficient (Wildman–Crippen LogP) is 2.71. The normalized spacial score (nSPS) is 22.9. The molecule has 3 heterocycles. The molecule has 0 unspecified atom stereocenters. The first-order valence-electron chi connectivity index (χ1n) is 8.98. The highest BCUT2D eigenvalue weighted by atomic mass is 32.2. The molecule has 2 aliphatic heterocycles. The molecule has 1 aromatic heterocycles. The van der Waals surface area contributed by atoms with Gasteiger partial charge in [-0.2, -0.15) is 11.8 Å². The maximum Gasteiger partial charge on any atom is 0.289 e. The van der Waals surface area contributed by atoms with Crippen molar-refractivity contribution in [1.29, 1.82) is 0 Å². The highest BCUT2D eigenvalue weighted by Crippen LogP contribution is 2.24. The van der Waals surface area contributed by atoms with Crippen molar-refractivity contribution in [3.63, 3.8) is 0 Å². The quantitative estimate of drug-likeness (QED) is 0.842. The number of para-hydroxylation sites is 1. The summed E-state index contributed by atoms with van der Waals surface area (Å²) >= 11 is 1.95. The molecule has 2 aromatic rings. The van der Waals surface area contributed by atoms with Gasteiger partial charge in [0.2, 0.25) is 0 Å². The fourth-order valence-electron chi connectivity index (χ4n) is 3.56. The minimum Gasteiger partial charge on any atom is -0.451 e. The van der Waals surface area contributed by atoms with Gasteiger partial charge in [-0.3, -0.25) is 9.69 Å². The highest BCUT2D eigenvalue weighted by molar-refractivity contribution is 7.99. The number of fused-ring (bicyclic) bond motifs is 1. The molecule has 4 rings (SSSR count). The van der Waals surface area contributed by atoms with E-state index in [4.69, 9.17) is 9.15 Å². The molecule has 1 amide bonds. The summed E-state index contributed by atoms with van der Waals surface area (Å²) in [7, 11) is 0. The zero-order valence-electron chi connectivity index (χ0n) is 14.4. The summed E-state index contributed by atoms with van der Waals surface area (Å²) in [6.07, 6.45) is 1.04. The van der Waals surface area contributed by atoms with Crippen LogP contribution in [0.3, 0.4) is 0 Å². The van der Waals surface area contributed by atoms with Crippen molar-refractivity contribution in [1.82, 2.24) is 9.80 Å². The van der Waals surface area contributed by atoms with Gasteiger partial charge in [0.1, 0.15) is 5.58 Å². The Morgan fingerprint density at radius 3 is 2.88 bits per heavy atom. The topological polar surface area (TPSA) is 45.9 Å². The molecule has 0 spiro atoms. The van der Waals surface area contributed by atoms with Gasteiger partial charge in [-0.05, 0) is 24.3 Å². The van der Waals surface area contributed by atoms with E-state index in [-0.39, 0.29) is 11.9 Å². The summed E-state index contributed by atoms with van der Waals surface area (Å²) in [5.41, 5.74) is 0.778. The fraction of sp³-hybridized carbons (Fsp3) is 0.526. The van der Waals surface area contributed by atoms with Gasteiger partial charge in [-0.1, -0.05) is 18.2 Å². The van der Waals surface area contributed by atoms with Gasteiger partial charge >= 0.3 is 0 Å². The van der Waals surface area contributed by atoms with Crippen molar-refractivity contribution in [3.05, 3.63) is 36.1 Å². The van der Waals surface area contributed by atoms with Gasteiger partial charge in [0, 0.05) is 37.3 Å². The number of ether oxygens (including phenoxy) is 1. The fourth-order valence-corrected chi connectivity index (χ4v) is 4.62. The number of carbonyl (C=O) groups is 1. The van der Waals surface area contributed by atoms with Crippen LogP contribution in [0.1, 0.15) is 17.0 Å². The number of carbonyl (C=O) groups excluding carboxylic acids is 1. The van der Waals surface area contributed by atoms with Crippen molar-refractivity contribution in [3.8, 4) is 0 Å². The van der Waals surface area contributed by atoms with Crippen LogP contribution in [-0.2, 0) is 4.74 Å². The third kappa shape index (κ3) is 3.86. The maximum atomic E-state index is 13.2. The smallest absolute Gasteiger partial charge is 0.289 e. The van der Waals surface area contributed by atoms with Crippen LogP contribution in [0.4, 0.5) is 0 Å². The second-order valence-corrected chi connectivity index (χ2v) is 7.79. The number of hydrogen-bond donors (Lipinski definition) is 0. The molecule has 134 valence electrons. The zero-order chi connectivity index (χ0) is 17.1. The van der Waals surface area contributed by atoms with Crippen LogP contribution in [0.2, 0.25) is 0 Å². The molecule has 2 saturated heterocycles. The van der Waals surface area contributed by atoms with E-state index in [0.717, 1.165) is 68.3 Å². The number of amides is 1. The molecule has 25 heavy (non-hydrogen) atoms. The van der Waals surface area contributed by atoms with Crippen LogP contribution < -0.4 is 0 Å². The summed E-state index contributed by atoms with van der Waals surface area (Å²) in [5, 5.41) is 0.986. The molecule has 6 heteroatoms. The van der Waals surface area contributed by atoms with Crippen molar-refractivity contribution < 1.29 is 13.9 Å². The van der Waals surface area contributed by atoms with Gasteiger partial charge in [-0.15, -0.1) is 0 Å². The van der Waals surface area contributed by atoms with Crippen LogP contribution in [0.25, 0.3) is 11.0 Å². The SMILES string of the molecule is O=C(c1cc2ccccc2o1)N1CCCSC[C@@H]1CN1CCOCC1. The molecule has 5 nitrogen and oxygen atoms in total. The minimum absolute atomic E-state index is 0.0250. The monoisotopic (exact) mass is 360 g/mol. The van der Waals surface area contributed by atoms with Gasteiger partial charge < -0.3 is 14.1 Å². The molecule has 0 N–H and O–H groups in total. The standard InChI is InChI=1S/C19H24N2O3S/c22-19(18-12-15-4-1-2-5-17(15)24-18)21-6-3-11-25-14-16(21)13-20-7-9-23-10-8-20/h1-2,4-5,12,16H,3,6-11,13-14H2/t16-/m0/s1. The Morgan fingerprint density at radius 2 is 2.04 bits per heavy atom. The Hall–Kier alpha value is -1.50. The first kappa shape index (κ1) is 16.9. The number of furan rings is 1. The average molecular weight is 360 g/mol. The lowest BCUT2D eigenvalue weighted by molar-refractivity contribution is 0.0239. The highest BCUT2D eigenvalue weighted by Gasteiger charge is 2.30. The number of morpholine rings is 1. The summed E-state index contributed by atoms with van der Waals surface area (Å²) < 4.78 is 11.3. The largest absolute Gasteiger partial charge is 0.451 e. The van der Waals surface area contributed by atoms with Gasteiger partial charge in [0.15, 0.2) is 5.76 Å². The van der Waals surface area contributed by atoms with E-state index in [9.17, 15) is 4.79 Å². The molecule has 2 fully saturated rings. The van der Waals surface area contributed by atoms with Crippen LogP contribution in [0.5, 0.6) is 0 Å². The molecule has 1 atom stereocenters. The van der Waals surface area contributed by atoms with Crippen LogP contribution >= 0.6 is 11.8 Å². The van der Waals surface area contributed by atoms with Crippen molar-refractivity contribution >= 4 is 28.6 Å². The van der Waals surface area contributed by atoms with E-state index < -0.39 is 0 Å². The maximum absolute atomic E-state index is 13.2. The average Bonchev–Trinajstić information content (AvgIpc) is 2.95. The van der Waals surface area contributed by atoms with Gasteiger partial charge in [-0.25, -0.2) is 0 Å². The number of hydrogen-bond acceptors (Lipinski definition) is 5. The number of rotatable bonds is 3. The second kappa shape index (κ2) is 7.81. The van der Waals surface area contributed by atoms with Crippen LogP contribution in [0, 0.1) is 0 Å². The van der Waals surface area contributed by atoms with Gasteiger partial charge in [0.05, 0.1) is 19.3 Å². The van der Waals surface area contributed by atoms with E-state index in [1.54, 1.807) is 0 Å². The molecule has 0 aliphatic carbocycles. The Labute approximate surface area is 152 Å². The van der Waals surface area contributed by atoms with E-state index in [1.165, 1.54) is 0 Å². The lowest BCUT2D eigenvalue weighted by atomic mass is 10.2. The summed E-state index contributed by atoms with van der Waals surface area (Å²) in [4.78, 5) is 17.6. The summed E-state index contributed by atoms with van der Waals surface area (Å²) in [6, 6.07) is 9.90. The van der Waals surface area contributed by atoms with Crippen molar-refractivity contribution in [2.45, 2.75) is 12.5 Å². The van der Waals surface area contributed by atoms with Crippen molar-refractivity contribution in [2.24, 2.45) is 0 Å². The molecular weight excluding hydrogens is 336 g/mol. The minimum atomic E-state index is 0.0250. The Kier molecular flexibility index (Phi) is 5.29. The predicted molar refractivity (Wildman–Crippen MR) is 100 cm³/mol. The Bertz CT molecular complexity index is 693. The van der Waals surface area contributed by atoms with E-state index in [2.05, 4.69) is 4.90 Å². The first-order valence-corrected chi connectivity index (χ1v) is 10.1. The molecule has 0 bridgehead atoms. The summed E-state index contributed by atoms with van der Waals surface area (Å²) in [5.74, 6) is 2.59. The molecule has 0 saturated carbocycles.